The van der Waals surface area contributed by atoms with Gasteiger partial charge in [0.1, 0.15) is 0 Å². The number of hydrogen-bond donors (Lipinski definition) is 2. The number of halogens is 2. The Kier molecular flexibility index (Phi) is 5.83. The van der Waals surface area contributed by atoms with Crippen molar-refractivity contribution in [3.05, 3.63) is 33.8 Å². The van der Waals surface area contributed by atoms with E-state index in [0.717, 1.165) is 35.7 Å². The van der Waals surface area contributed by atoms with E-state index in [9.17, 15) is 4.79 Å². The molecular formula is C14H20BrClN2O. The summed E-state index contributed by atoms with van der Waals surface area (Å²) in [6.45, 7) is 2.52. The molecule has 3 N–H and O–H groups in total. The molecule has 5 heteroatoms. The largest absolute Gasteiger partial charge is 0.345 e. The van der Waals surface area contributed by atoms with E-state index in [2.05, 4.69) is 21.2 Å². The molecule has 0 bridgehead atoms. The second-order valence-corrected chi connectivity index (χ2v) is 5.98. The average Bonchev–Trinajstić information content (AvgIpc) is 2.78. The van der Waals surface area contributed by atoms with Crippen LogP contribution < -0.4 is 11.1 Å². The zero-order valence-electron chi connectivity index (χ0n) is 11.0. The summed E-state index contributed by atoms with van der Waals surface area (Å²) >= 11 is 3.44. The Balaban J connectivity index is 0.00000180. The minimum absolute atomic E-state index is 0. The summed E-state index contributed by atoms with van der Waals surface area (Å²) in [5.41, 5.74) is 7.45. The second-order valence-electron chi connectivity index (χ2n) is 5.13. The zero-order valence-corrected chi connectivity index (χ0v) is 13.4. The van der Waals surface area contributed by atoms with Crippen LogP contribution in [-0.4, -0.2) is 18.0 Å². The van der Waals surface area contributed by atoms with Crippen molar-refractivity contribution in [3.63, 3.8) is 0 Å². The summed E-state index contributed by atoms with van der Waals surface area (Å²) in [6.07, 6.45) is 4.26. The lowest BCUT2D eigenvalue weighted by Crippen LogP contribution is -2.51. The lowest BCUT2D eigenvalue weighted by atomic mass is 9.97. The summed E-state index contributed by atoms with van der Waals surface area (Å²) in [4.78, 5) is 12.3. The van der Waals surface area contributed by atoms with Crippen LogP contribution in [0.4, 0.5) is 0 Å². The lowest BCUT2D eigenvalue weighted by Gasteiger charge is -2.29. The van der Waals surface area contributed by atoms with Crippen molar-refractivity contribution in [3.8, 4) is 0 Å². The zero-order chi connectivity index (χ0) is 13.2. The Morgan fingerprint density at radius 2 is 2.05 bits per heavy atom. The van der Waals surface area contributed by atoms with Gasteiger partial charge in [-0.05, 0) is 53.4 Å². The van der Waals surface area contributed by atoms with Gasteiger partial charge < -0.3 is 11.1 Å². The van der Waals surface area contributed by atoms with Crippen LogP contribution in [0.5, 0.6) is 0 Å². The first-order valence-electron chi connectivity index (χ1n) is 6.35. The van der Waals surface area contributed by atoms with E-state index in [0.29, 0.717) is 12.1 Å². The van der Waals surface area contributed by atoms with Gasteiger partial charge in [-0.15, -0.1) is 12.4 Å². The van der Waals surface area contributed by atoms with Gasteiger partial charge in [0.25, 0.3) is 5.91 Å². The molecule has 0 atom stereocenters. The predicted octanol–water partition coefficient (Wildman–Crippen LogP) is 3.18. The molecule has 0 saturated heterocycles. The Morgan fingerprint density at radius 3 is 2.58 bits per heavy atom. The van der Waals surface area contributed by atoms with E-state index in [1.54, 1.807) is 0 Å². The maximum absolute atomic E-state index is 12.3. The molecule has 1 saturated carbocycles. The maximum Gasteiger partial charge on any atom is 0.252 e. The molecule has 19 heavy (non-hydrogen) atoms. The van der Waals surface area contributed by atoms with Crippen LogP contribution in [0, 0.1) is 6.92 Å². The second kappa shape index (κ2) is 6.73. The molecule has 3 nitrogen and oxygen atoms in total. The van der Waals surface area contributed by atoms with Gasteiger partial charge in [0.05, 0.1) is 11.1 Å². The van der Waals surface area contributed by atoms with E-state index in [-0.39, 0.29) is 23.9 Å². The highest BCUT2D eigenvalue weighted by atomic mass is 79.9. The number of carbonyl (C=O) groups is 1. The first-order valence-corrected chi connectivity index (χ1v) is 7.14. The molecule has 0 aromatic heterocycles. The quantitative estimate of drug-likeness (QED) is 0.882. The van der Waals surface area contributed by atoms with Crippen LogP contribution >= 0.6 is 28.3 Å². The highest BCUT2D eigenvalue weighted by Gasteiger charge is 2.34. The number of nitrogens with two attached hydrogens (primary N) is 1. The normalized spacial score (nSPS) is 16.8. The lowest BCUT2D eigenvalue weighted by molar-refractivity contribution is 0.0902. The number of carbonyl (C=O) groups excluding carboxylic acids is 1. The van der Waals surface area contributed by atoms with Crippen LogP contribution in [-0.2, 0) is 0 Å². The third kappa shape index (κ3) is 3.71. The molecule has 1 aliphatic carbocycles. The number of benzene rings is 1. The third-order valence-electron chi connectivity index (χ3n) is 3.70. The molecule has 0 spiro atoms. The highest BCUT2D eigenvalue weighted by Crippen LogP contribution is 2.29. The number of amides is 1. The molecule has 2 rings (SSSR count). The number of nitrogens with one attached hydrogen (secondary N) is 1. The van der Waals surface area contributed by atoms with E-state index in [1.807, 2.05) is 25.1 Å². The van der Waals surface area contributed by atoms with Gasteiger partial charge >= 0.3 is 0 Å². The summed E-state index contributed by atoms with van der Waals surface area (Å²) in [7, 11) is 0. The molecule has 0 aliphatic heterocycles. The van der Waals surface area contributed by atoms with Crippen molar-refractivity contribution in [2.45, 2.75) is 38.1 Å². The van der Waals surface area contributed by atoms with Gasteiger partial charge in [0, 0.05) is 11.0 Å². The summed E-state index contributed by atoms with van der Waals surface area (Å²) in [6, 6.07) is 5.76. The standard InChI is InChI=1S/C14H19BrN2O.ClH/c1-10-4-5-11(12(15)8-10)13(18)17-14(9-16)6-2-3-7-14;/h4-5,8H,2-3,6-7,9,16H2,1H3,(H,17,18);1H. The van der Waals surface area contributed by atoms with E-state index in [4.69, 9.17) is 5.73 Å². The Bertz CT molecular complexity index is 459. The van der Waals surface area contributed by atoms with Crippen LogP contribution in [0.1, 0.15) is 41.6 Å². The molecule has 0 radical (unpaired) electrons. The third-order valence-corrected chi connectivity index (χ3v) is 4.36. The number of aryl methyl sites for hydroxylation is 1. The molecule has 1 aromatic rings. The van der Waals surface area contributed by atoms with Crippen LogP contribution in [0.3, 0.4) is 0 Å². The highest BCUT2D eigenvalue weighted by molar-refractivity contribution is 9.10. The molecule has 106 valence electrons. The Hall–Kier alpha value is -0.580. The van der Waals surface area contributed by atoms with E-state index in [1.165, 1.54) is 0 Å². The van der Waals surface area contributed by atoms with E-state index >= 15 is 0 Å². The molecule has 0 heterocycles. The van der Waals surface area contributed by atoms with Crippen LogP contribution in [0.2, 0.25) is 0 Å². The maximum atomic E-state index is 12.3. The van der Waals surface area contributed by atoms with Crippen molar-refractivity contribution < 1.29 is 4.79 Å². The van der Waals surface area contributed by atoms with Crippen molar-refractivity contribution in [1.82, 2.24) is 5.32 Å². The fraction of sp³-hybridized carbons (Fsp3) is 0.500. The monoisotopic (exact) mass is 346 g/mol. The van der Waals surface area contributed by atoms with Gasteiger partial charge in [0.15, 0.2) is 0 Å². The summed E-state index contributed by atoms with van der Waals surface area (Å²) < 4.78 is 0.838. The summed E-state index contributed by atoms with van der Waals surface area (Å²) in [5, 5.41) is 3.12. The molecular weight excluding hydrogens is 328 g/mol. The summed E-state index contributed by atoms with van der Waals surface area (Å²) in [5.74, 6) is -0.0331. The van der Waals surface area contributed by atoms with Gasteiger partial charge in [-0.25, -0.2) is 0 Å². The van der Waals surface area contributed by atoms with Crippen molar-refractivity contribution >= 4 is 34.2 Å². The van der Waals surface area contributed by atoms with E-state index < -0.39 is 0 Å². The molecule has 1 fully saturated rings. The van der Waals surface area contributed by atoms with Crippen molar-refractivity contribution in [1.29, 1.82) is 0 Å². The molecule has 0 unspecified atom stereocenters. The van der Waals surface area contributed by atoms with Crippen molar-refractivity contribution in [2.75, 3.05) is 6.54 Å². The Labute approximate surface area is 128 Å². The van der Waals surface area contributed by atoms with Crippen molar-refractivity contribution in [2.24, 2.45) is 5.73 Å². The van der Waals surface area contributed by atoms with Crippen LogP contribution in [0.15, 0.2) is 22.7 Å². The van der Waals surface area contributed by atoms with Gasteiger partial charge in [0.2, 0.25) is 0 Å². The molecule has 1 aromatic carbocycles. The SMILES string of the molecule is Cc1ccc(C(=O)NC2(CN)CCCC2)c(Br)c1.Cl. The Morgan fingerprint density at radius 1 is 1.42 bits per heavy atom. The first kappa shape index (κ1) is 16.5. The van der Waals surface area contributed by atoms with Gasteiger partial charge in [-0.2, -0.15) is 0 Å². The van der Waals surface area contributed by atoms with Crippen LogP contribution in [0.25, 0.3) is 0 Å². The predicted molar refractivity (Wildman–Crippen MR) is 83.8 cm³/mol. The minimum atomic E-state index is -0.193. The first-order chi connectivity index (χ1) is 8.56. The number of rotatable bonds is 3. The molecule has 1 amide bonds. The average molecular weight is 348 g/mol. The number of hydrogen-bond acceptors (Lipinski definition) is 2. The van der Waals surface area contributed by atoms with Gasteiger partial charge in [-0.3, -0.25) is 4.79 Å². The van der Waals surface area contributed by atoms with Gasteiger partial charge in [-0.1, -0.05) is 18.9 Å². The molecule has 1 aliphatic rings. The smallest absolute Gasteiger partial charge is 0.252 e. The fourth-order valence-corrected chi connectivity index (χ4v) is 3.22. The minimum Gasteiger partial charge on any atom is -0.345 e. The topological polar surface area (TPSA) is 55.1 Å². The fourth-order valence-electron chi connectivity index (χ4n) is 2.54.